The largest absolute Gasteiger partial charge is 0.493 e. The van der Waals surface area contributed by atoms with Crippen LogP contribution in [0.2, 0.25) is 5.02 Å². The Morgan fingerprint density at radius 2 is 2.00 bits per heavy atom. The van der Waals surface area contributed by atoms with E-state index in [1.54, 1.807) is 36.7 Å². The highest BCUT2D eigenvalue weighted by Gasteiger charge is 2.13. The van der Waals surface area contributed by atoms with E-state index in [4.69, 9.17) is 25.6 Å². The molecule has 27 heavy (non-hydrogen) atoms. The Kier molecular flexibility index (Phi) is 6.27. The van der Waals surface area contributed by atoms with Gasteiger partial charge in [-0.1, -0.05) is 16.8 Å². The van der Waals surface area contributed by atoms with Crippen molar-refractivity contribution in [1.82, 2.24) is 15.5 Å². The quantitative estimate of drug-likeness (QED) is 0.638. The third-order valence-electron chi connectivity index (χ3n) is 3.74. The van der Waals surface area contributed by atoms with Crippen molar-refractivity contribution in [3.63, 3.8) is 0 Å². The molecule has 0 spiro atoms. The third-order valence-corrected chi connectivity index (χ3v) is 3.97. The van der Waals surface area contributed by atoms with E-state index in [1.807, 2.05) is 12.1 Å². The number of rotatable bonds is 8. The molecule has 1 aromatic carbocycles. The molecule has 0 saturated carbocycles. The van der Waals surface area contributed by atoms with Crippen LogP contribution >= 0.6 is 11.6 Å². The van der Waals surface area contributed by atoms with Gasteiger partial charge in [0.25, 0.3) is 5.91 Å². The van der Waals surface area contributed by atoms with Gasteiger partial charge in [-0.2, -0.15) is 0 Å². The zero-order valence-corrected chi connectivity index (χ0v) is 15.4. The van der Waals surface area contributed by atoms with Gasteiger partial charge >= 0.3 is 0 Å². The molecule has 0 aliphatic carbocycles. The summed E-state index contributed by atoms with van der Waals surface area (Å²) in [5.41, 5.74) is 1.29. The average molecular weight is 388 g/mol. The van der Waals surface area contributed by atoms with Crippen LogP contribution in [0.25, 0.3) is 0 Å². The lowest BCUT2D eigenvalue weighted by Gasteiger charge is -2.09. The summed E-state index contributed by atoms with van der Waals surface area (Å²) in [6.45, 7) is 0.596. The van der Waals surface area contributed by atoms with Crippen LogP contribution in [-0.4, -0.2) is 29.7 Å². The fourth-order valence-corrected chi connectivity index (χ4v) is 2.52. The predicted molar refractivity (Wildman–Crippen MR) is 99.1 cm³/mol. The molecular formula is C19H18ClN3O4. The molecule has 0 fully saturated rings. The molecule has 0 atom stereocenters. The number of halogens is 1. The number of nitrogens with zero attached hydrogens (tertiary/aromatic N) is 2. The molecule has 1 amide bonds. The number of aromatic nitrogens is 2. The highest BCUT2D eigenvalue weighted by atomic mass is 35.5. The van der Waals surface area contributed by atoms with E-state index in [-0.39, 0.29) is 18.2 Å². The molecule has 0 saturated heterocycles. The number of amides is 1. The van der Waals surface area contributed by atoms with Gasteiger partial charge in [0.05, 0.1) is 7.11 Å². The first-order valence-corrected chi connectivity index (χ1v) is 8.62. The summed E-state index contributed by atoms with van der Waals surface area (Å²) in [6, 6.07) is 10.4. The van der Waals surface area contributed by atoms with Crippen molar-refractivity contribution in [2.45, 2.75) is 13.0 Å². The molecule has 0 aliphatic rings. The molecule has 3 rings (SSSR count). The monoisotopic (exact) mass is 387 g/mol. The Morgan fingerprint density at radius 1 is 1.19 bits per heavy atom. The number of carbonyl (C=O) groups excluding carboxylic acids is 1. The van der Waals surface area contributed by atoms with Gasteiger partial charge in [-0.15, -0.1) is 0 Å². The minimum atomic E-state index is -0.303. The molecule has 0 radical (unpaired) electrons. The minimum absolute atomic E-state index is 0.106. The molecule has 0 aliphatic heterocycles. The fraction of sp³-hybridized carbons (Fsp3) is 0.211. The lowest BCUT2D eigenvalue weighted by atomic mass is 10.2. The van der Waals surface area contributed by atoms with Crippen molar-refractivity contribution in [1.29, 1.82) is 0 Å². The fourth-order valence-electron chi connectivity index (χ4n) is 2.36. The van der Waals surface area contributed by atoms with E-state index >= 15 is 0 Å². The molecule has 7 nitrogen and oxygen atoms in total. The van der Waals surface area contributed by atoms with Crippen molar-refractivity contribution >= 4 is 17.5 Å². The maximum absolute atomic E-state index is 12.1. The van der Waals surface area contributed by atoms with Crippen LogP contribution in [0.3, 0.4) is 0 Å². The molecule has 2 aromatic heterocycles. The first-order valence-electron chi connectivity index (χ1n) is 8.25. The number of pyridine rings is 1. The highest BCUT2D eigenvalue weighted by molar-refractivity contribution is 6.30. The van der Waals surface area contributed by atoms with Gasteiger partial charge in [0, 0.05) is 36.1 Å². The van der Waals surface area contributed by atoms with Crippen LogP contribution < -0.4 is 14.8 Å². The number of hydrogen-bond donors (Lipinski definition) is 1. The Bertz CT molecular complexity index is 899. The molecule has 2 heterocycles. The van der Waals surface area contributed by atoms with Gasteiger partial charge in [-0.25, -0.2) is 0 Å². The molecule has 0 unspecified atom stereocenters. The van der Waals surface area contributed by atoms with Crippen LogP contribution in [-0.2, 0) is 13.0 Å². The first-order chi connectivity index (χ1) is 13.2. The number of carbonyl (C=O) groups is 1. The Labute approximate surface area is 161 Å². The normalized spacial score (nSPS) is 10.4. The van der Waals surface area contributed by atoms with Crippen LogP contribution in [0.1, 0.15) is 21.8 Å². The van der Waals surface area contributed by atoms with Gasteiger partial charge in [-0.05, 0) is 36.2 Å². The molecule has 1 N–H and O–H groups in total. The SMILES string of the molecule is COc1cc(Cl)ccc1OCc1cc(C(=O)NCCc2ccncc2)no1. The van der Waals surface area contributed by atoms with Gasteiger partial charge in [0.15, 0.2) is 23.0 Å². The van der Waals surface area contributed by atoms with E-state index in [9.17, 15) is 4.79 Å². The minimum Gasteiger partial charge on any atom is -0.493 e. The molecule has 8 heteroatoms. The second-order valence-corrected chi connectivity index (χ2v) is 6.06. The first kappa shape index (κ1) is 18.7. The Morgan fingerprint density at radius 3 is 2.78 bits per heavy atom. The topological polar surface area (TPSA) is 86.5 Å². The van der Waals surface area contributed by atoms with Crippen molar-refractivity contribution in [2.75, 3.05) is 13.7 Å². The van der Waals surface area contributed by atoms with Crippen molar-refractivity contribution in [3.8, 4) is 11.5 Å². The summed E-state index contributed by atoms with van der Waals surface area (Å²) in [4.78, 5) is 16.1. The maximum Gasteiger partial charge on any atom is 0.273 e. The Hall–Kier alpha value is -3.06. The van der Waals surface area contributed by atoms with Crippen molar-refractivity contribution in [3.05, 3.63) is 70.8 Å². The second kappa shape index (κ2) is 9.05. The summed E-state index contributed by atoms with van der Waals surface area (Å²) in [5.74, 6) is 1.15. The number of ether oxygens (including phenoxy) is 2. The van der Waals surface area contributed by atoms with Gasteiger partial charge in [0.1, 0.15) is 6.61 Å². The maximum atomic E-state index is 12.1. The standard InChI is InChI=1S/C19H18ClN3O4/c1-25-18-10-14(20)2-3-17(18)26-12-15-11-16(23-27-15)19(24)22-9-6-13-4-7-21-8-5-13/h2-5,7-8,10-11H,6,9,12H2,1H3,(H,22,24). The zero-order valence-electron chi connectivity index (χ0n) is 14.6. The summed E-state index contributed by atoms with van der Waals surface area (Å²) >= 11 is 5.92. The van der Waals surface area contributed by atoms with Crippen LogP contribution in [0, 0.1) is 0 Å². The van der Waals surface area contributed by atoms with Gasteiger partial charge in [-0.3, -0.25) is 9.78 Å². The number of methoxy groups -OCH3 is 1. The van der Waals surface area contributed by atoms with Crippen molar-refractivity contribution in [2.24, 2.45) is 0 Å². The summed E-state index contributed by atoms with van der Waals surface area (Å²) in [6.07, 6.45) is 4.14. The van der Waals surface area contributed by atoms with Crippen LogP contribution in [0.4, 0.5) is 0 Å². The number of benzene rings is 1. The molecule has 3 aromatic rings. The van der Waals surface area contributed by atoms with Crippen LogP contribution in [0.5, 0.6) is 11.5 Å². The van der Waals surface area contributed by atoms with E-state index < -0.39 is 0 Å². The lowest BCUT2D eigenvalue weighted by molar-refractivity contribution is 0.0944. The second-order valence-electron chi connectivity index (χ2n) is 5.62. The summed E-state index contributed by atoms with van der Waals surface area (Å²) in [7, 11) is 1.53. The Balaban J connectivity index is 1.51. The van der Waals surface area contributed by atoms with E-state index in [1.165, 1.54) is 7.11 Å². The number of nitrogens with one attached hydrogen (secondary N) is 1. The lowest BCUT2D eigenvalue weighted by Crippen LogP contribution is -2.25. The molecular weight excluding hydrogens is 370 g/mol. The van der Waals surface area contributed by atoms with Crippen molar-refractivity contribution < 1.29 is 18.8 Å². The number of hydrogen-bond acceptors (Lipinski definition) is 6. The van der Waals surface area contributed by atoms with E-state index in [2.05, 4.69) is 15.5 Å². The van der Waals surface area contributed by atoms with Crippen LogP contribution in [0.15, 0.2) is 53.3 Å². The van der Waals surface area contributed by atoms with Gasteiger partial charge in [0.2, 0.25) is 0 Å². The molecule has 0 bridgehead atoms. The summed E-state index contributed by atoms with van der Waals surface area (Å²) < 4.78 is 16.0. The molecule has 140 valence electrons. The average Bonchev–Trinajstić information content (AvgIpc) is 3.17. The van der Waals surface area contributed by atoms with Gasteiger partial charge < -0.3 is 19.3 Å². The van der Waals surface area contributed by atoms with E-state index in [0.29, 0.717) is 35.2 Å². The smallest absolute Gasteiger partial charge is 0.273 e. The third kappa shape index (κ3) is 5.21. The summed E-state index contributed by atoms with van der Waals surface area (Å²) in [5, 5.41) is 7.13. The van der Waals surface area contributed by atoms with E-state index in [0.717, 1.165) is 5.56 Å². The highest BCUT2D eigenvalue weighted by Crippen LogP contribution is 2.30. The predicted octanol–water partition coefficient (Wildman–Crippen LogP) is 3.28. The zero-order chi connectivity index (χ0) is 19.1.